The first kappa shape index (κ1) is 14.5. The van der Waals surface area contributed by atoms with Crippen LogP contribution in [0.25, 0.3) is 0 Å². The summed E-state index contributed by atoms with van der Waals surface area (Å²) in [5, 5.41) is 3.31. The number of amides is 1. The molecule has 0 bridgehead atoms. The number of hydrogen-bond donors (Lipinski definition) is 2. The lowest BCUT2D eigenvalue weighted by atomic mass is 10.0. The summed E-state index contributed by atoms with van der Waals surface area (Å²) in [5.41, 5.74) is 6.19. The average Bonchev–Trinajstić information content (AvgIpc) is 2.29. The van der Waals surface area contributed by atoms with E-state index in [9.17, 15) is 4.79 Å². The van der Waals surface area contributed by atoms with Crippen molar-refractivity contribution in [3.05, 3.63) is 27.7 Å². The quantitative estimate of drug-likeness (QED) is 0.873. The van der Waals surface area contributed by atoms with Gasteiger partial charge in [-0.15, -0.1) is 0 Å². The second-order valence-electron chi connectivity index (χ2n) is 3.89. The Morgan fingerprint density at radius 2 is 2.29 bits per heavy atom. The number of rotatable bonds is 5. The van der Waals surface area contributed by atoms with E-state index in [0.717, 1.165) is 10.9 Å². The van der Waals surface area contributed by atoms with Gasteiger partial charge in [-0.05, 0) is 30.7 Å². The zero-order chi connectivity index (χ0) is 12.8. The molecule has 5 heteroatoms. The molecule has 1 aromatic carbocycles. The van der Waals surface area contributed by atoms with Crippen LogP contribution >= 0.6 is 27.5 Å². The van der Waals surface area contributed by atoms with Crippen molar-refractivity contribution in [2.24, 2.45) is 11.7 Å². The number of anilines is 1. The first-order valence-electron chi connectivity index (χ1n) is 5.51. The molecular weight excluding hydrogens is 304 g/mol. The van der Waals surface area contributed by atoms with Crippen LogP contribution in [-0.4, -0.2) is 12.5 Å². The molecule has 1 amide bonds. The maximum Gasteiger partial charge on any atom is 0.224 e. The van der Waals surface area contributed by atoms with Crippen LogP contribution in [0.2, 0.25) is 5.02 Å². The highest BCUT2D eigenvalue weighted by Crippen LogP contribution is 2.26. The standard InChI is InChI=1S/C12H16BrClN2O/c1-2-8(7-15)5-12(17)16-11-4-3-9(13)6-10(11)14/h3-4,6,8H,2,5,7,15H2,1H3,(H,16,17). The largest absolute Gasteiger partial charge is 0.330 e. The molecule has 0 aliphatic rings. The van der Waals surface area contributed by atoms with Crippen LogP contribution in [0.5, 0.6) is 0 Å². The zero-order valence-electron chi connectivity index (χ0n) is 9.67. The Labute approximate surface area is 115 Å². The summed E-state index contributed by atoms with van der Waals surface area (Å²) in [6, 6.07) is 5.35. The molecule has 0 radical (unpaired) electrons. The van der Waals surface area contributed by atoms with Gasteiger partial charge in [0.1, 0.15) is 0 Å². The summed E-state index contributed by atoms with van der Waals surface area (Å²) in [6.07, 6.45) is 1.33. The third-order valence-electron chi connectivity index (χ3n) is 2.59. The molecule has 94 valence electrons. The van der Waals surface area contributed by atoms with Gasteiger partial charge in [-0.2, -0.15) is 0 Å². The van der Waals surface area contributed by atoms with Crippen molar-refractivity contribution < 1.29 is 4.79 Å². The van der Waals surface area contributed by atoms with Crippen LogP contribution in [0, 0.1) is 5.92 Å². The van der Waals surface area contributed by atoms with Crippen LogP contribution in [0.1, 0.15) is 19.8 Å². The van der Waals surface area contributed by atoms with Gasteiger partial charge in [-0.25, -0.2) is 0 Å². The minimum atomic E-state index is -0.0495. The highest BCUT2D eigenvalue weighted by molar-refractivity contribution is 9.10. The molecule has 0 aromatic heterocycles. The van der Waals surface area contributed by atoms with Crippen LogP contribution in [0.4, 0.5) is 5.69 Å². The Balaban J connectivity index is 2.62. The average molecular weight is 320 g/mol. The van der Waals surface area contributed by atoms with Crippen LogP contribution < -0.4 is 11.1 Å². The Morgan fingerprint density at radius 3 is 2.82 bits per heavy atom. The molecular formula is C12H16BrClN2O. The van der Waals surface area contributed by atoms with Gasteiger partial charge < -0.3 is 11.1 Å². The van der Waals surface area contributed by atoms with Gasteiger partial charge in [0, 0.05) is 10.9 Å². The minimum absolute atomic E-state index is 0.0495. The number of benzene rings is 1. The molecule has 0 spiro atoms. The van der Waals surface area contributed by atoms with Crippen molar-refractivity contribution in [3.8, 4) is 0 Å². The molecule has 0 fully saturated rings. The first-order valence-corrected chi connectivity index (χ1v) is 6.68. The van der Waals surface area contributed by atoms with E-state index in [-0.39, 0.29) is 11.8 Å². The van der Waals surface area contributed by atoms with E-state index < -0.39 is 0 Å². The van der Waals surface area contributed by atoms with Crippen LogP contribution in [-0.2, 0) is 4.79 Å². The third kappa shape index (κ3) is 4.66. The van der Waals surface area contributed by atoms with Crippen molar-refractivity contribution >= 4 is 39.1 Å². The summed E-state index contributed by atoms with van der Waals surface area (Å²) < 4.78 is 0.883. The van der Waals surface area contributed by atoms with E-state index in [2.05, 4.69) is 21.2 Å². The number of hydrogen-bond acceptors (Lipinski definition) is 2. The summed E-state index contributed by atoms with van der Waals surface area (Å²) in [6.45, 7) is 2.55. The van der Waals surface area contributed by atoms with Crippen molar-refractivity contribution in [2.75, 3.05) is 11.9 Å². The molecule has 0 saturated heterocycles. The van der Waals surface area contributed by atoms with Crippen LogP contribution in [0.3, 0.4) is 0 Å². The Hall–Kier alpha value is -0.580. The maximum absolute atomic E-state index is 11.7. The van der Waals surface area contributed by atoms with E-state index in [1.54, 1.807) is 12.1 Å². The molecule has 0 saturated carbocycles. The highest BCUT2D eigenvalue weighted by atomic mass is 79.9. The van der Waals surface area contributed by atoms with Gasteiger partial charge in [0.2, 0.25) is 5.91 Å². The Bertz CT molecular complexity index is 394. The molecule has 3 N–H and O–H groups in total. The van der Waals surface area contributed by atoms with Gasteiger partial charge in [0.15, 0.2) is 0 Å². The number of nitrogens with two attached hydrogens (primary N) is 1. The maximum atomic E-state index is 11.7. The molecule has 1 unspecified atom stereocenters. The number of halogens is 2. The first-order chi connectivity index (χ1) is 8.06. The van der Waals surface area contributed by atoms with E-state index >= 15 is 0 Å². The van der Waals surface area contributed by atoms with Gasteiger partial charge >= 0.3 is 0 Å². The fraction of sp³-hybridized carbons (Fsp3) is 0.417. The van der Waals surface area contributed by atoms with E-state index in [4.69, 9.17) is 17.3 Å². The fourth-order valence-corrected chi connectivity index (χ4v) is 2.17. The second-order valence-corrected chi connectivity index (χ2v) is 5.21. The predicted molar refractivity (Wildman–Crippen MR) is 75.2 cm³/mol. The Kier molecular flexibility index (Phi) is 5.95. The van der Waals surface area contributed by atoms with Gasteiger partial charge in [0.25, 0.3) is 0 Å². The number of carbonyl (C=O) groups is 1. The molecule has 0 aliphatic heterocycles. The summed E-state index contributed by atoms with van der Waals surface area (Å²) >= 11 is 9.32. The number of nitrogens with one attached hydrogen (secondary N) is 1. The third-order valence-corrected chi connectivity index (χ3v) is 3.40. The summed E-state index contributed by atoms with van der Waals surface area (Å²) in [4.78, 5) is 11.7. The lowest BCUT2D eigenvalue weighted by Gasteiger charge is -2.12. The monoisotopic (exact) mass is 318 g/mol. The molecule has 1 aromatic rings. The number of carbonyl (C=O) groups excluding carboxylic acids is 1. The van der Waals surface area contributed by atoms with E-state index in [0.29, 0.717) is 23.7 Å². The molecule has 3 nitrogen and oxygen atoms in total. The fourth-order valence-electron chi connectivity index (χ4n) is 1.45. The molecule has 0 heterocycles. The zero-order valence-corrected chi connectivity index (χ0v) is 12.0. The van der Waals surface area contributed by atoms with Crippen molar-refractivity contribution in [3.63, 3.8) is 0 Å². The smallest absolute Gasteiger partial charge is 0.224 e. The Morgan fingerprint density at radius 1 is 1.59 bits per heavy atom. The molecule has 0 aliphatic carbocycles. The van der Waals surface area contributed by atoms with E-state index in [1.807, 2.05) is 13.0 Å². The minimum Gasteiger partial charge on any atom is -0.330 e. The second kappa shape index (κ2) is 6.99. The topological polar surface area (TPSA) is 55.1 Å². The normalized spacial score (nSPS) is 12.2. The van der Waals surface area contributed by atoms with Crippen molar-refractivity contribution in [2.45, 2.75) is 19.8 Å². The van der Waals surface area contributed by atoms with Crippen LogP contribution in [0.15, 0.2) is 22.7 Å². The van der Waals surface area contributed by atoms with Crippen molar-refractivity contribution in [1.82, 2.24) is 0 Å². The molecule has 1 rings (SSSR count). The lowest BCUT2D eigenvalue weighted by molar-refractivity contribution is -0.117. The van der Waals surface area contributed by atoms with Gasteiger partial charge in [-0.1, -0.05) is 40.9 Å². The SMILES string of the molecule is CCC(CN)CC(=O)Nc1ccc(Br)cc1Cl. The lowest BCUT2D eigenvalue weighted by Crippen LogP contribution is -2.21. The van der Waals surface area contributed by atoms with Gasteiger partial charge in [0.05, 0.1) is 10.7 Å². The van der Waals surface area contributed by atoms with Gasteiger partial charge in [-0.3, -0.25) is 4.79 Å². The van der Waals surface area contributed by atoms with E-state index in [1.165, 1.54) is 0 Å². The summed E-state index contributed by atoms with van der Waals surface area (Å²) in [5.74, 6) is 0.177. The highest BCUT2D eigenvalue weighted by Gasteiger charge is 2.11. The molecule has 1 atom stereocenters. The molecule has 17 heavy (non-hydrogen) atoms. The summed E-state index contributed by atoms with van der Waals surface area (Å²) in [7, 11) is 0. The predicted octanol–water partition coefficient (Wildman–Crippen LogP) is 3.42. The van der Waals surface area contributed by atoms with Crippen molar-refractivity contribution in [1.29, 1.82) is 0 Å².